The average molecular weight is 454 g/mol. The van der Waals surface area contributed by atoms with Gasteiger partial charge in [-0.1, -0.05) is 97.1 Å². The zero-order valence-corrected chi connectivity index (χ0v) is 20.2. The number of fused-ring (bicyclic) bond motifs is 1. The Morgan fingerprint density at radius 1 is 0.657 bits per heavy atom. The van der Waals surface area contributed by atoms with Crippen molar-refractivity contribution in [2.24, 2.45) is 5.18 Å². The molecule has 0 unspecified atom stereocenters. The predicted octanol–water partition coefficient (Wildman–Crippen LogP) is 9.89. The average Bonchev–Trinajstić information content (AvgIpc) is 2.90. The van der Waals surface area contributed by atoms with Crippen molar-refractivity contribution in [2.75, 3.05) is 0 Å². The molecule has 5 rings (SSSR count). The minimum absolute atomic E-state index is 0.457. The molecule has 2 nitrogen and oxygen atoms in total. The lowest BCUT2D eigenvalue weighted by molar-refractivity contribution is 1.42. The normalized spacial score (nSPS) is 11.3. The summed E-state index contributed by atoms with van der Waals surface area (Å²) >= 11 is 0. The van der Waals surface area contributed by atoms with Gasteiger partial charge in [-0.2, -0.15) is 0 Å². The minimum atomic E-state index is 0.457. The fraction of sp³-hybridized carbons (Fsp3) is 0.0909. The number of allylic oxidation sites excluding steroid dienone is 1. The minimum Gasteiger partial charge on any atom is -0.145 e. The van der Waals surface area contributed by atoms with Crippen molar-refractivity contribution in [3.8, 4) is 33.4 Å². The van der Waals surface area contributed by atoms with Crippen molar-refractivity contribution in [1.82, 2.24) is 0 Å². The van der Waals surface area contributed by atoms with Gasteiger partial charge < -0.3 is 0 Å². The molecule has 0 aromatic heterocycles. The summed E-state index contributed by atoms with van der Waals surface area (Å²) in [6.07, 6.45) is 4.22. The van der Waals surface area contributed by atoms with Crippen LogP contribution in [0.5, 0.6) is 0 Å². The summed E-state index contributed by atoms with van der Waals surface area (Å²) in [5, 5.41) is 5.80. The molecule has 0 fully saturated rings. The molecule has 0 N–H and O–H groups in total. The number of benzene rings is 5. The smallest absolute Gasteiger partial charge is 0.115 e. The van der Waals surface area contributed by atoms with Crippen molar-refractivity contribution in [3.63, 3.8) is 0 Å². The van der Waals surface area contributed by atoms with Gasteiger partial charge in [0, 0.05) is 5.56 Å². The summed E-state index contributed by atoms with van der Waals surface area (Å²) in [5.74, 6) is 0. The largest absolute Gasteiger partial charge is 0.145 e. The molecule has 2 heteroatoms. The van der Waals surface area contributed by atoms with Gasteiger partial charge >= 0.3 is 0 Å². The van der Waals surface area contributed by atoms with E-state index in [2.05, 4.69) is 104 Å². The van der Waals surface area contributed by atoms with Crippen LogP contribution in [0, 0.1) is 18.8 Å². The van der Waals surface area contributed by atoms with Gasteiger partial charge in [0.2, 0.25) is 0 Å². The summed E-state index contributed by atoms with van der Waals surface area (Å²) in [4.78, 5) is 11.4. The number of hydrogen-bond donors (Lipinski definition) is 0. The maximum absolute atomic E-state index is 11.4. The molecule has 35 heavy (non-hydrogen) atoms. The van der Waals surface area contributed by atoms with E-state index >= 15 is 0 Å². The molecule has 170 valence electrons. The van der Waals surface area contributed by atoms with Crippen LogP contribution in [0.25, 0.3) is 50.2 Å². The summed E-state index contributed by atoms with van der Waals surface area (Å²) < 4.78 is 0. The Morgan fingerprint density at radius 3 is 2.09 bits per heavy atom. The summed E-state index contributed by atoms with van der Waals surface area (Å²) in [7, 11) is 0. The topological polar surface area (TPSA) is 29.4 Å². The van der Waals surface area contributed by atoms with E-state index in [4.69, 9.17) is 0 Å². The highest BCUT2D eigenvalue weighted by Gasteiger charge is 2.13. The summed E-state index contributed by atoms with van der Waals surface area (Å²) in [6, 6.07) is 33.5. The quantitative estimate of drug-likeness (QED) is 0.243. The fourth-order valence-electron chi connectivity index (χ4n) is 4.95. The van der Waals surface area contributed by atoms with Crippen LogP contribution in [0.3, 0.4) is 0 Å². The third-order valence-corrected chi connectivity index (χ3v) is 6.74. The monoisotopic (exact) mass is 453 g/mol. The van der Waals surface area contributed by atoms with E-state index < -0.39 is 0 Å². The fourth-order valence-corrected chi connectivity index (χ4v) is 4.95. The molecule has 0 aliphatic heterocycles. The van der Waals surface area contributed by atoms with Crippen molar-refractivity contribution in [2.45, 2.75) is 20.8 Å². The van der Waals surface area contributed by atoms with E-state index in [1.165, 1.54) is 33.0 Å². The number of rotatable bonds is 5. The Morgan fingerprint density at radius 2 is 1.34 bits per heavy atom. The lowest BCUT2D eigenvalue weighted by Gasteiger charge is -2.15. The van der Waals surface area contributed by atoms with Gasteiger partial charge in [-0.3, -0.25) is 0 Å². The van der Waals surface area contributed by atoms with E-state index in [0.717, 1.165) is 27.8 Å². The molecule has 0 aliphatic carbocycles. The molecule has 0 saturated heterocycles. The first-order chi connectivity index (χ1) is 17.1. The molecule has 0 radical (unpaired) electrons. The Hall–Kier alpha value is -4.30. The molecule has 0 amide bonds. The molecule has 0 heterocycles. The molecule has 5 aromatic rings. The van der Waals surface area contributed by atoms with Gasteiger partial charge in [0.05, 0.1) is 0 Å². The number of nitroso groups, excluding NO2 is 1. The molecular weight excluding hydrogens is 426 g/mol. The summed E-state index contributed by atoms with van der Waals surface area (Å²) in [5.41, 5.74) is 10.7. The van der Waals surface area contributed by atoms with Crippen LogP contribution in [-0.4, -0.2) is 0 Å². The van der Waals surface area contributed by atoms with Gasteiger partial charge in [-0.05, 0) is 93.4 Å². The van der Waals surface area contributed by atoms with Crippen LogP contribution < -0.4 is 0 Å². The first kappa shape index (κ1) is 22.5. The molecule has 0 bridgehead atoms. The Bertz CT molecular complexity index is 1580. The highest BCUT2D eigenvalue weighted by Crippen LogP contribution is 2.38. The maximum Gasteiger partial charge on any atom is 0.115 e. The van der Waals surface area contributed by atoms with Crippen LogP contribution in [0.2, 0.25) is 0 Å². The van der Waals surface area contributed by atoms with E-state index in [0.29, 0.717) is 5.69 Å². The number of nitrogens with zero attached hydrogens (tertiary/aromatic N) is 1. The molecule has 0 spiro atoms. The van der Waals surface area contributed by atoms with Gasteiger partial charge in [0.15, 0.2) is 0 Å². The van der Waals surface area contributed by atoms with E-state index in [1.54, 1.807) is 6.07 Å². The highest BCUT2D eigenvalue weighted by molar-refractivity contribution is 5.92. The molecule has 0 atom stereocenters. The summed E-state index contributed by atoms with van der Waals surface area (Å²) in [6.45, 7) is 6.35. The van der Waals surface area contributed by atoms with E-state index in [-0.39, 0.29) is 0 Å². The van der Waals surface area contributed by atoms with Crippen LogP contribution in [0.15, 0.2) is 108 Å². The lowest BCUT2D eigenvalue weighted by atomic mass is 9.89. The van der Waals surface area contributed by atoms with Crippen LogP contribution >= 0.6 is 0 Å². The second-order valence-corrected chi connectivity index (χ2v) is 8.90. The highest BCUT2D eigenvalue weighted by atomic mass is 16.3. The van der Waals surface area contributed by atoms with Crippen LogP contribution in [0.4, 0.5) is 5.69 Å². The molecular formula is C33H27NO. The van der Waals surface area contributed by atoms with Crippen LogP contribution in [0.1, 0.15) is 23.6 Å². The number of hydrogen-bond acceptors (Lipinski definition) is 2. The lowest BCUT2D eigenvalue weighted by Crippen LogP contribution is -1.92. The van der Waals surface area contributed by atoms with Gasteiger partial charge in [0.1, 0.15) is 5.69 Å². The maximum atomic E-state index is 11.4. The van der Waals surface area contributed by atoms with Gasteiger partial charge in [-0.25, -0.2) is 0 Å². The Kier molecular flexibility index (Phi) is 6.12. The van der Waals surface area contributed by atoms with Gasteiger partial charge in [-0.15, -0.1) is 4.91 Å². The predicted molar refractivity (Wildman–Crippen MR) is 150 cm³/mol. The first-order valence-corrected chi connectivity index (χ1v) is 11.9. The van der Waals surface area contributed by atoms with E-state index in [1.807, 2.05) is 25.1 Å². The second kappa shape index (κ2) is 9.52. The van der Waals surface area contributed by atoms with Crippen molar-refractivity contribution in [3.05, 3.63) is 125 Å². The number of aryl methyl sites for hydroxylation is 2. The zero-order valence-electron chi connectivity index (χ0n) is 20.2. The zero-order chi connectivity index (χ0) is 24.4. The Labute approximate surface area is 206 Å². The SMILES string of the molecule is C/C=C\c1c(C)cc(-c2ccccc2N=O)cc1-c1ccc(-c2ccc3ccccc3c2C)cc1. The second-order valence-electron chi connectivity index (χ2n) is 8.90. The van der Waals surface area contributed by atoms with Crippen molar-refractivity contribution < 1.29 is 0 Å². The van der Waals surface area contributed by atoms with Gasteiger partial charge in [0.25, 0.3) is 0 Å². The van der Waals surface area contributed by atoms with Crippen molar-refractivity contribution >= 4 is 22.5 Å². The molecule has 0 aliphatic rings. The third kappa shape index (κ3) is 4.20. The standard InChI is InChI=1S/C33H27NO/c1-4-9-28-22(2)20-27(31-12-7-8-13-33(31)34-35)21-32(28)26-16-14-25(15-17-26)30-19-18-24-10-5-6-11-29(24)23(30)3/h4-21H,1-3H3/b9-4-. The molecule has 5 aromatic carbocycles. The van der Waals surface area contributed by atoms with Crippen molar-refractivity contribution in [1.29, 1.82) is 0 Å². The third-order valence-electron chi connectivity index (χ3n) is 6.74. The molecule has 0 saturated carbocycles. The first-order valence-electron chi connectivity index (χ1n) is 11.9. The van der Waals surface area contributed by atoms with Crippen LogP contribution in [-0.2, 0) is 0 Å². The Balaban J connectivity index is 1.62. The van der Waals surface area contributed by atoms with E-state index in [9.17, 15) is 4.91 Å².